The number of esters is 1. The van der Waals surface area contributed by atoms with Crippen molar-refractivity contribution in [2.45, 2.75) is 280 Å². The van der Waals surface area contributed by atoms with E-state index in [0.717, 1.165) is 24.8 Å². The van der Waals surface area contributed by atoms with Gasteiger partial charge in [0.2, 0.25) is 6.29 Å². The molecule has 85 heavy (non-hydrogen) atoms. The lowest BCUT2D eigenvalue weighted by molar-refractivity contribution is -0.364. The molecule has 0 radical (unpaired) electrons. The highest BCUT2D eigenvalue weighted by Gasteiger charge is 2.72. The van der Waals surface area contributed by atoms with Crippen LogP contribution in [0.3, 0.4) is 0 Å². The number of ether oxygens (including phenoxy) is 10. The number of hydrogen-bond acceptors (Lipinski definition) is 26. The standard InChI is InChI=1S/C59H96O26/c1-23-34(63)38(67)42(71)49(78-23)83-46-28(20-60)80-48(45(74)41(46)70)77-22-29-37(66)40(69)44(73)51(81-29)85-53(75)59-17-16-54(3,4)18-26(59)25-10-11-31-56(7)14-13-33(55(5,6)30(56)12-15-57(31,8)58(25,9)19-32(59)62)82-52-47(36(65)27(61)21-76-52)84-50-43(72)39(68)35(64)24(2)79-50/h10,23-24,26-52,60-74H,11-22H2,1-9H3/t23-,24-,26-,27-,28+,29+,30-,31+,32+,33-,34-,35-,36-,37+,38+,39+,40-,41+,42+,43+,44+,45+,46+,47+,48+,49-,50-,51-,52-,56-,57+,58+,59+/m0/s1. The second-order valence-corrected chi connectivity index (χ2v) is 28.7. The summed E-state index contributed by atoms with van der Waals surface area (Å²) in [6.45, 7) is 16.7. The highest BCUT2D eigenvalue weighted by atomic mass is 16.8. The number of aliphatic hydroxyl groups is 15. The first-order valence-corrected chi connectivity index (χ1v) is 30.6. The van der Waals surface area contributed by atoms with Crippen LogP contribution in [0.5, 0.6) is 0 Å². The summed E-state index contributed by atoms with van der Waals surface area (Å²) >= 11 is 0. The van der Waals surface area contributed by atoms with Gasteiger partial charge >= 0.3 is 5.97 Å². The van der Waals surface area contributed by atoms with E-state index in [1.165, 1.54) is 13.8 Å². The molecule has 5 saturated heterocycles. The molecule has 10 aliphatic rings. The fourth-order valence-electron chi connectivity index (χ4n) is 17.6. The lowest BCUT2D eigenvalue weighted by Crippen LogP contribution is -2.68. The van der Waals surface area contributed by atoms with Gasteiger partial charge in [-0.25, -0.2) is 0 Å². The van der Waals surface area contributed by atoms with Gasteiger partial charge in [0.25, 0.3) is 0 Å². The summed E-state index contributed by atoms with van der Waals surface area (Å²) in [6, 6.07) is 0. The summed E-state index contributed by atoms with van der Waals surface area (Å²) in [5.41, 5.74) is -2.50. The van der Waals surface area contributed by atoms with E-state index in [0.29, 0.717) is 25.7 Å². The zero-order valence-electron chi connectivity index (χ0n) is 50.0. The highest BCUT2D eigenvalue weighted by Crippen LogP contribution is 2.76. The first-order chi connectivity index (χ1) is 39.7. The first kappa shape index (κ1) is 66.2. The Balaban J connectivity index is 0.837. The third-order valence-electron chi connectivity index (χ3n) is 23.1. The molecule has 5 aliphatic carbocycles. The van der Waals surface area contributed by atoms with Crippen LogP contribution in [0.25, 0.3) is 0 Å². The lowest BCUT2D eigenvalue weighted by Gasteiger charge is -2.71. The molecule has 0 aromatic heterocycles. The molecule has 5 aliphatic heterocycles. The second kappa shape index (κ2) is 24.1. The Morgan fingerprint density at radius 2 is 1.14 bits per heavy atom. The molecule has 488 valence electrons. The van der Waals surface area contributed by atoms with Gasteiger partial charge < -0.3 is 124 Å². The van der Waals surface area contributed by atoms with E-state index in [-0.39, 0.29) is 42.1 Å². The van der Waals surface area contributed by atoms with Crippen LogP contribution in [0.1, 0.15) is 120 Å². The van der Waals surface area contributed by atoms with Crippen molar-refractivity contribution in [3.63, 3.8) is 0 Å². The zero-order valence-corrected chi connectivity index (χ0v) is 50.0. The molecule has 26 heteroatoms. The van der Waals surface area contributed by atoms with E-state index in [4.69, 9.17) is 47.4 Å². The van der Waals surface area contributed by atoms with Crippen molar-refractivity contribution in [1.82, 2.24) is 0 Å². The van der Waals surface area contributed by atoms with Gasteiger partial charge in [0.1, 0.15) is 109 Å². The SMILES string of the molecule is C[C@@H]1O[C@@H](O[C@H]2[C@H](O[C@H]3CC[C@]4(C)[C@H]5CC=C6[C@@H]7CC(C)(C)CC[C@]7(C(=O)O[C@@H]7O[C@H](CO[C@@H]8O[C@H](CO)[C@@H](O[C@@H]9O[C@@H](C)[C@H](O)[C@@H](O)[C@H]9O)[C@H](O)[C@H]8O)[C@@H](O)[C@H](O)[C@H]7O)[C@H](O)C[C@@]6(C)[C@]5(C)CC[C@H]4C3(C)C)OC[C@H](O)[C@@H]2O)[C@H](O)[C@H](O)[C@H]1O. The number of rotatable bonds is 12. The average Bonchev–Trinajstić information content (AvgIpc) is 0.694. The summed E-state index contributed by atoms with van der Waals surface area (Å²) in [4.78, 5) is 15.3. The van der Waals surface area contributed by atoms with E-state index < -0.39 is 206 Å². The van der Waals surface area contributed by atoms with Crippen LogP contribution in [0.15, 0.2) is 11.6 Å². The first-order valence-electron chi connectivity index (χ1n) is 30.6. The Morgan fingerprint density at radius 3 is 1.76 bits per heavy atom. The Bertz CT molecular complexity index is 2380. The molecule has 9 fully saturated rings. The monoisotopic (exact) mass is 1220 g/mol. The summed E-state index contributed by atoms with van der Waals surface area (Å²) in [6.07, 6.45) is -32.0. The molecule has 0 bridgehead atoms. The molecule has 10 rings (SSSR count). The van der Waals surface area contributed by atoms with Gasteiger partial charge in [0.05, 0.1) is 44.2 Å². The van der Waals surface area contributed by atoms with Gasteiger partial charge in [-0.2, -0.15) is 0 Å². The van der Waals surface area contributed by atoms with E-state index >= 15 is 4.79 Å². The van der Waals surface area contributed by atoms with Gasteiger partial charge in [-0.3, -0.25) is 4.79 Å². The fourth-order valence-corrected chi connectivity index (χ4v) is 17.6. The highest BCUT2D eigenvalue weighted by molar-refractivity contribution is 5.80. The summed E-state index contributed by atoms with van der Waals surface area (Å²) in [5, 5.41) is 164. The molecular formula is C59H96O26. The maximum absolute atomic E-state index is 15.3. The number of carbonyl (C=O) groups is 1. The van der Waals surface area contributed by atoms with Crippen molar-refractivity contribution in [3.05, 3.63) is 11.6 Å². The lowest BCUT2D eigenvalue weighted by atomic mass is 9.33. The molecule has 0 unspecified atom stereocenters. The van der Waals surface area contributed by atoms with Gasteiger partial charge in [-0.05, 0) is 116 Å². The van der Waals surface area contributed by atoms with Gasteiger partial charge in [0.15, 0.2) is 25.2 Å². The Morgan fingerprint density at radius 1 is 0.565 bits per heavy atom. The molecule has 0 aromatic carbocycles. The third-order valence-corrected chi connectivity index (χ3v) is 23.1. The van der Waals surface area contributed by atoms with Crippen molar-refractivity contribution >= 4 is 5.97 Å². The minimum atomic E-state index is -1.97. The molecule has 15 N–H and O–H groups in total. The average molecular weight is 1220 g/mol. The Hall–Kier alpha value is -1.75. The maximum atomic E-state index is 15.3. The smallest absolute Gasteiger partial charge is 0.317 e. The van der Waals surface area contributed by atoms with E-state index in [2.05, 4.69) is 54.5 Å². The number of fused-ring (bicyclic) bond motifs is 7. The fraction of sp³-hybridized carbons (Fsp3) is 0.949. The number of aliphatic hydroxyl groups excluding tert-OH is 15. The Kier molecular flexibility index (Phi) is 18.7. The van der Waals surface area contributed by atoms with Crippen molar-refractivity contribution in [2.75, 3.05) is 19.8 Å². The van der Waals surface area contributed by atoms with E-state index in [1.807, 2.05) is 0 Å². The summed E-state index contributed by atoms with van der Waals surface area (Å²) in [5.74, 6) is -1.17. The van der Waals surface area contributed by atoms with E-state index in [9.17, 15) is 76.6 Å². The van der Waals surface area contributed by atoms with Crippen LogP contribution in [-0.4, -0.2) is 262 Å². The predicted octanol–water partition coefficient (Wildman–Crippen LogP) is -2.55. The molecule has 5 heterocycles. The largest absolute Gasteiger partial charge is 0.432 e. The number of carbonyl (C=O) groups excluding carboxylic acids is 1. The predicted molar refractivity (Wildman–Crippen MR) is 288 cm³/mol. The van der Waals surface area contributed by atoms with Crippen molar-refractivity contribution in [2.24, 2.45) is 50.2 Å². The van der Waals surface area contributed by atoms with Crippen LogP contribution in [0, 0.1) is 50.2 Å². The van der Waals surface area contributed by atoms with Crippen LogP contribution < -0.4 is 0 Å². The molecular weight excluding hydrogens is 1120 g/mol. The normalized spacial score (nSPS) is 55.0. The third kappa shape index (κ3) is 11.0. The van der Waals surface area contributed by atoms with Crippen molar-refractivity contribution in [1.29, 1.82) is 0 Å². The quantitative estimate of drug-likeness (QED) is 0.0544. The molecule has 4 saturated carbocycles. The second-order valence-electron chi connectivity index (χ2n) is 28.7. The van der Waals surface area contributed by atoms with Crippen LogP contribution in [-0.2, 0) is 52.2 Å². The summed E-state index contributed by atoms with van der Waals surface area (Å²) in [7, 11) is 0. The van der Waals surface area contributed by atoms with Crippen LogP contribution in [0.4, 0.5) is 0 Å². The van der Waals surface area contributed by atoms with Crippen molar-refractivity contribution < 1.29 is 129 Å². The van der Waals surface area contributed by atoms with Crippen molar-refractivity contribution in [3.8, 4) is 0 Å². The molecule has 0 aromatic rings. The van der Waals surface area contributed by atoms with Crippen LogP contribution >= 0.6 is 0 Å². The zero-order chi connectivity index (χ0) is 62.2. The topological polar surface area (TPSA) is 413 Å². The molecule has 0 spiro atoms. The van der Waals surface area contributed by atoms with E-state index in [1.54, 1.807) is 0 Å². The molecule has 26 nitrogen and oxygen atoms in total. The summed E-state index contributed by atoms with van der Waals surface area (Å²) < 4.78 is 59.4. The van der Waals surface area contributed by atoms with Crippen LogP contribution in [0.2, 0.25) is 0 Å². The number of allylic oxidation sites excluding steroid dienone is 2. The minimum Gasteiger partial charge on any atom is -0.432 e. The minimum absolute atomic E-state index is 0.0996. The Labute approximate surface area is 494 Å². The van der Waals surface area contributed by atoms with Gasteiger partial charge in [0, 0.05) is 0 Å². The van der Waals surface area contributed by atoms with Gasteiger partial charge in [-0.15, -0.1) is 0 Å². The maximum Gasteiger partial charge on any atom is 0.317 e. The molecule has 0 amide bonds. The van der Waals surface area contributed by atoms with Gasteiger partial charge in [-0.1, -0.05) is 60.1 Å². The molecule has 33 atom stereocenters. The number of hydrogen-bond donors (Lipinski definition) is 15.